The van der Waals surface area contributed by atoms with Crippen molar-refractivity contribution in [2.24, 2.45) is 10.9 Å². The first-order valence-corrected chi connectivity index (χ1v) is 8.39. The van der Waals surface area contributed by atoms with Gasteiger partial charge in [-0.2, -0.15) is 0 Å². The van der Waals surface area contributed by atoms with E-state index in [0.29, 0.717) is 13.1 Å². The molecule has 1 saturated carbocycles. The van der Waals surface area contributed by atoms with Crippen molar-refractivity contribution < 1.29 is 9.53 Å². The number of hydrogen-bond acceptors (Lipinski definition) is 3. The molecule has 1 aliphatic carbocycles. The van der Waals surface area contributed by atoms with Crippen LogP contribution < -0.4 is 16.0 Å². The maximum atomic E-state index is 11.5. The SMILES string of the molecule is CCNC(=NCCCNC(=O)OC(C)(C)C)NCCC1CC1. The van der Waals surface area contributed by atoms with Gasteiger partial charge in [0.2, 0.25) is 0 Å². The van der Waals surface area contributed by atoms with Crippen LogP contribution in [0, 0.1) is 5.92 Å². The minimum Gasteiger partial charge on any atom is -0.444 e. The van der Waals surface area contributed by atoms with Crippen molar-refractivity contribution in [3.8, 4) is 0 Å². The highest BCUT2D eigenvalue weighted by Crippen LogP contribution is 2.31. The molecule has 0 aromatic carbocycles. The molecule has 0 bridgehead atoms. The Morgan fingerprint density at radius 1 is 1.18 bits per heavy atom. The summed E-state index contributed by atoms with van der Waals surface area (Å²) >= 11 is 0. The summed E-state index contributed by atoms with van der Waals surface area (Å²) in [6.07, 6.45) is 4.41. The summed E-state index contributed by atoms with van der Waals surface area (Å²) in [5, 5.41) is 9.32. The number of hydrogen-bond donors (Lipinski definition) is 3. The molecule has 0 aromatic heterocycles. The Morgan fingerprint density at radius 3 is 2.50 bits per heavy atom. The maximum absolute atomic E-state index is 11.5. The lowest BCUT2D eigenvalue weighted by Gasteiger charge is -2.19. The van der Waals surface area contributed by atoms with Crippen LogP contribution in [0.25, 0.3) is 0 Å². The topological polar surface area (TPSA) is 74.8 Å². The van der Waals surface area contributed by atoms with E-state index in [1.165, 1.54) is 19.3 Å². The lowest BCUT2D eigenvalue weighted by atomic mass is 10.2. The fourth-order valence-electron chi connectivity index (χ4n) is 1.92. The highest BCUT2D eigenvalue weighted by Gasteiger charge is 2.20. The van der Waals surface area contributed by atoms with Crippen LogP contribution >= 0.6 is 0 Å². The second-order valence-corrected chi connectivity index (χ2v) is 6.70. The van der Waals surface area contributed by atoms with Crippen molar-refractivity contribution >= 4 is 12.1 Å². The summed E-state index contributed by atoms with van der Waals surface area (Å²) in [6.45, 7) is 10.7. The first kappa shape index (κ1) is 18.6. The number of nitrogens with zero attached hydrogens (tertiary/aromatic N) is 1. The van der Waals surface area contributed by atoms with Gasteiger partial charge in [-0.25, -0.2) is 4.79 Å². The second kappa shape index (κ2) is 9.54. The zero-order valence-electron chi connectivity index (χ0n) is 14.5. The second-order valence-electron chi connectivity index (χ2n) is 6.70. The molecule has 6 nitrogen and oxygen atoms in total. The van der Waals surface area contributed by atoms with Gasteiger partial charge in [0, 0.05) is 26.2 Å². The summed E-state index contributed by atoms with van der Waals surface area (Å²) < 4.78 is 5.17. The lowest BCUT2D eigenvalue weighted by Crippen LogP contribution is -2.38. The summed E-state index contributed by atoms with van der Waals surface area (Å²) in [6, 6.07) is 0. The van der Waals surface area contributed by atoms with Crippen LogP contribution in [0.15, 0.2) is 4.99 Å². The third-order valence-electron chi connectivity index (χ3n) is 3.16. The van der Waals surface area contributed by atoms with Crippen molar-refractivity contribution in [1.29, 1.82) is 0 Å². The highest BCUT2D eigenvalue weighted by molar-refractivity contribution is 5.79. The molecule has 1 aliphatic rings. The van der Waals surface area contributed by atoms with Crippen molar-refractivity contribution in [2.75, 3.05) is 26.2 Å². The number of guanidine groups is 1. The summed E-state index contributed by atoms with van der Waals surface area (Å²) in [7, 11) is 0. The molecular weight excluding hydrogens is 280 g/mol. The normalized spacial score (nSPS) is 15.4. The van der Waals surface area contributed by atoms with E-state index in [9.17, 15) is 4.79 Å². The Hall–Kier alpha value is -1.46. The van der Waals surface area contributed by atoms with Crippen LogP contribution in [0.5, 0.6) is 0 Å². The molecule has 3 N–H and O–H groups in total. The molecule has 0 heterocycles. The number of carbonyl (C=O) groups excluding carboxylic acids is 1. The van der Waals surface area contributed by atoms with Gasteiger partial charge in [-0.05, 0) is 46.5 Å². The zero-order chi connectivity index (χ0) is 16.4. The molecule has 0 aromatic rings. The average Bonchev–Trinajstić information content (AvgIpc) is 3.20. The van der Waals surface area contributed by atoms with Gasteiger partial charge in [0.05, 0.1) is 0 Å². The van der Waals surface area contributed by atoms with E-state index >= 15 is 0 Å². The Morgan fingerprint density at radius 2 is 1.91 bits per heavy atom. The third-order valence-corrected chi connectivity index (χ3v) is 3.16. The Kier molecular flexibility index (Phi) is 8.06. The summed E-state index contributed by atoms with van der Waals surface area (Å²) in [4.78, 5) is 16.0. The van der Waals surface area contributed by atoms with Crippen molar-refractivity contribution in [3.63, 3.8) is 0 Å². The zero-order valence-corrected chi connectivity index (χ0v) is 14.5. The minimum absolute atomic E-state index is 0.369. The number of rotatable bonds is 8. The number of alkyl carbamates (subject to hydrolysis) is 1. The van der Waals surface area contributed by atoms with Crippen molar-refractivity contribution in [2.45, 2.75) is 59.0 Å². The summed E-state index contributed by atoms with van der Waals surface area (Å²) in [5.74, 6) is 1.79. The van der Waals surface area contributed by atoms with E-state index in [4.69, 9.17) is 4.74 Å². The number of nitrogens with one attached hydrogen (secondary N) is 3. The van der Waals surface area contributed by atoms with Gasteiger partial charge in [-0.1, -0.05) is 12.8 Å². The standard InChI is InChI=1S/C16H32N4O2/c1-5-17-14(19-12-9-13-7-8-13)18-10-6-11-20-15(21)22-16(2,3)4/h13H,5-12H2,1-4H3,(H,20,21)(H2,17,18,19). The van der Waals surface area contributed by atoms with Crippen molar-refractivity contribution in [1.82, 2.24) is 16.0 Å². The molecule has 1 fully saturated rings. The molecule has 0 unspecified atom stereocenters. The molecular formula is C16H32N4O2. The van der Waals surface area contributed by atoms with Gasteiger partial charge in [-0.3, -0.25) is 4.99 Å². The van der Waals surface area contributed by atoms with E-state index in [2.05, 4.69) is 27.9 Å². The maximum Gasteiger partial charge on any atom is 0.407 e. The van der Waals surface area contributed by atoms with E-state index in [1.807, 2.05) is 20.8 Å². The number of ether oxygens (including phenoxy) is 1. The summed E-state index contributed by atoms with van der Waals surface area (Å²) in [5.41, 5.74) is -0.452. The molecule has 128 valence electrons. The molecule has 1 amide bonds. The first-order chi connectivity index (χ1) is 10.4. The Balaban J connectivity index is 2.12. The fourth-order valence-corrected chi connectivity index (χ4v) is 1.92. The van der Waals surface area contributed by atoms with Gasteiger partial charge in [0.25, 0.3) is 0 Å². The molecule has 0 spiro atoms. The average molecular weight is 312 g/mol. The van der Waals surface area contributed by atoms with Gasteiger partial charge in [0.1, 0.15) is 5.60 Å². The van der Waals surface area contributed by atoms with Crippen LogP contribution in [0.4, 0.5) is 4.79 Å². The van der Waals surface area contributed by atoms with Crippen LogP contribution in [-0.4, -0.2) is 43.8 Å². The van der Waals surface area contributed by atoms with E-state index < -0.39 is 5.60 Å². The molecule has 0 atom stereocenters. The van der Waals surface area contributed by atoms with Crippen LogP contribution in [0.1, 0.15) is 53.4 Å². The van der Waals surface area contributed by atoms with Crippen LogP contribution in [0.3, 0.4) is 0 Å². The fraction of sp³-hybridized carbons (Fsp3) is 0.875. The molecule has 0 radical (unpaired) electrons. The predicted octanol–water partition coefficient (Wildman–Crippen LogP) is 2.26. The van der Waals surface area contributed by atoms with E-state index in [1.54, 1.807) is 0 Å². The molecule has 6 heteroatoms. The monoisotopic (exact) mass is 312 g/mol. The number of carbonyl (C=O) groups is 1. The van der Waals surface area contributed by atoms with Gasteiger partial charge in [-0.15, -0.1) is 0 Å². The van der Waals surface area contributed by atoms with Crippen LogP contribution in [-0.2, 0) is 4.74 Å². The molecule has 0 saturated heterocycles. The molecule has 22 heavy (non-hydrogen) atoms. The third kappa shape index (κ3) is 10.3. The number of amides is 1. The molecule has 1 rings (SSSR count). The van der Waals surface area contributed by atoms with E-state index in [0.717, 1.165) is 31.4 Å². The smallest absolute Gasteiger partial charge is 0.407 e. The molecule has 0 aliphatic heterocycles. The van der Waals surface area contributed by atoms with E-state index in [-0.39, 0.29) is 6.09 Å². The minimum atomic E-state index is -0.452. The van der Waals surface area contributed by atoms with Crippen LogP contribution in [0.2, 0.25) is 0 Å². The van der Waals surface area contributed by atoms with Gasteiger partial charge >= 0.3 is 6.09 Å². The predicted molar refractivity (Wildman–Crippen MR) is 90.2 cm³/mol. The lowest BCUT2D eigenvalue weighted by molar-refractivity contribution is 0.0527. The Labute approximate surface area is 134 Å². The first-order valence-electron chi connectivity index (χ1n) is 8.39. The quantitative estimate of drug-likeness (QED) is 0.365. The van der Waals surface area contributed by atoms with Gasteiger partial charge < -0.3 is 20.7 Å². The van der Waals surface area contributed by atoms with Gasteiger partial charge in [0.15, 0.2) is 5.96 Å². The Bertz CT molecular complexity index is 360. The number of aliphatic imine (C=N–C) groups is 1. The highest BCUT2D eigenvalue weighted by atomic mass is 16.6. The van der Waals surface area contributed by atoms with Crippen molar-refractivity contribution in [3.05, 3.63) is 0 Å². The largest absolute Gasteiger partial charge is 0.444 e.